The lowest BCUT2D eigenvalue weighted by atomic mass is 10.0. The monoisotopic (exact) mass is 438 g/mol. The smallest absolute Gasteiger partial charge is 0.278 e. The van der Waals surface area contributed by atoms with Gasteiger partial charge < -0.3 is 5.32 Å². The summed E-state index contributed by atoms with van der Waals surface area (Å²) in [6.07, 6.45) is 0.374. The van der Waals surface area contributed by atoms with Gasteiger partial charge in [-0.1, -0.05) is 41.9 Å². The Morgan fingerprint density at radius 3 is 2.23 bits per heavy atom. The molecular formula is C24H17ClF2N2O2. The zero-order valence-electron chi connectivity index (χ0n) is 16.2. The van der Waals surface area contributed by atoms with Gasteiger partial charge in [0, 0.05) is 17.3 Å². The number of anilines is 1. The van der Waals surface area contributed by atoms with Crippen LogP contribution in [0.25, 0.3) is 5.57 Å². The van der Waals surface area contributed by atoms with Gasteiger partial charge in [0.2, 0.25) is 0 Å². The molecular weight excluding hydrogens is 422 g/mol. The van der Waals surface area contributed by atoms with Crippen LogP contribution < -0.4 is 5.32 Å². The van der Waals surface area contributed by atoms with Crippen molar-refractivity contribution in [3.8, 4) is 0 Å². The van der Waals surface area contributed by atoms with Crippen molar-refractivity contribution >= 4 is 34.7 Å². The van der Waals surface area contributed by atoms with E-state index in [0.29, 0.717) is 22.7 Å². The lowest BCUT2D eigenvalue weighted by molar-refractivity contribution is -0.136. The van der Waals surface area contributed by atoms with Crippen molar-refractivity contribution in [2.45, 2.75) is 6.42 Å². The standard InChI is InChI=1S/C24H17ClF2N2O2/c25-17-8-6-16(7-9-17)21-22(28-20-3-1-2-19(27)14-20)24(31)29(23(21)30)13-12-15-4-10-18(26)11-5-15/h1-11,14,28H,12-13H2. The Morgan fingerprint density at radius 2 is 1.55 bits per heavy atom. The van der Waals surface area contributed by atoms with Crippen LogP contribution in [0.3, 0.4) is 0 Å². The summed E-state index contributed by atoms with van der Waals surface area (Å²) < 4.78 is 26.8. The average molecular weight is 439 g/mol. The predicted octanol–water partition coefficient (Wildman–Crippen LogP) is 5.05. The summed E-state index contributed by atoms with van der Waals surface area (Å²) >= 11 is 5.96. The lowest BCUT2D eigenvalue weighted by Gasteiger charge is -2.15. The van der Waals surface area contributed by atoms with E-state index in [2.05, 4.69) is 5.32 Å². The average Bonchev–Trinajstić information content (AvgIpc) is 2.98. The molecule has 0 aromatic heterocycles. The van der Waals surface area contributed by atoms with Crippen molar-refractivity contribution < 1.29 is 18.4 Å². The maximum atomic E-state index is 13.6. The summed E-state index contributed by atoms with van der Waals surface area (Å²) in [6.45, 7) is 0.120. The van der Waals surface area contributed by atoms with Crippen LogP contribution in [0.4, 0.5) is 14.5 Å². The van der Waals surface area contributed by atoms with Gasteiger partial charge in [-0.3, -0.25) is 14.5 Å². The Kier molecular flexibility index (Phi) is 5.82. The molecule has 7 heteroatoms. The molecule has 3 aromatic rings. The van der Waals surface area contributed by atoms with Crippen LogP contribution in [0, 0.1) is 11.6 Å². The second-order valence-corrected chi connectivity index (χ2v) is 7.47. The van der Waals surface area contributed by atoms with Crippen LogP contribution in [0.2, 0.25) is 5.02 Å². The first-order valence-electron chi connectivity index (χ1n) is 9.56. The maximum absolute atomic E-state index is 13.6. The highest BCUT2D eigenvalue weighted by atomic mass is 35.5. The number of hydrogen-bond acceptors (Lipinski definition) is 3. The Hall–Kier alpha value is -3.51. The van der Waals surface area contributed by atoms with Crippen LogP contribution in [0.15, 0.2) is 78.5 Å². The van der Waals surface area contributed by atoms with Gasteiger partial charge in [-0.2, -0.15) is 0 Å². The number of halogens is 3. The number of imide groups is 1. The fourth-order valence-corrected chi connectivity index (χ4v) is 3.51. The van der Waals surface area contributed by atoms with E-state index in [0.717, 1.165) is 10.5 Å². The SMILES string of the molecule is O=C1C(Nc2cccc(F)c2)=C(c2ccc(Cl)cc2)C(=O)N1CCc1ccc(F)cc1. The van der Waals surface area contributed by atoms with Crippen LogP contribution in [-0.4, -0.2) is 23.3 Å². The number of hydrogen-bond donors (Lipinski definition) is 1. The van der Waals surface area contributed by atoms with Gasteiger partial charge in [-0.15, -0.1) is 0 Å². The van der Waals surface area contributed by atoms with Gasteiger partial charge in [0.15, 0.2) is 0 Å². The van der Waals surface area contributed by atoms with Gasteiger partial charge in [-0.25, -0.2) is 8.78 Å². The van der Waals surface area contributed by atoms with Gasteiger partial charge in [0.1, 0.15) is 17.3 Å². The largest absolute Gasteiger partial charge is 0.350 e. The number of carbonyl (C=O) groups excluding carboxylic acids is 2. The molecule has 1 aliphatic heterocycles. The molecule has 1 N–H and O–H groups in total. The fourth-order valence-electron chi connectivity index (χ4n) is 3.38. The van der Waals surface area contributed by atoms with Crippen LogP contribution in [-0.2, 0) is 16.0 Å². The first-order chi connectivity index (χ1) is 14.9. The third-order valence-corrected chi connectivity index (χ3v) is 5.18. The van der Waals surface area contributed by atoms with Gasteiger partial charge in [0.25, 0.3) is 11.8 Å². The van der Waals surface area contributed by atoms with Gasteiger partial charge in [0.05, 0.1) is 5.57 Å². The molecule has 3 aromatic carbocycles. The topological polar surface area (TPSA) is 49.4 Å². The minimum absolute atomic E-state index is 0.0667. The zero-order valence-corrected chi connectivity index (χ0v) is 17.0. The number of amides is 2. The normalized spacial score (nSPS) is 13.8. The summed E-state index contributed by atoms with van der Waals surface area (Å²) in [6, 6.07) is 18.1. The molecule has 0 atom stereocenters. The number of carbonyl (C=O) groups is 2. The molecule has 31 heavy (non-hydrogen) atoms. The van der Waals surface area contributed by atoms with E-state index in [1.807, 2.05) is 0 Å². The van der Waals surface area contributed by atoms with Crippen molar-refractivity contribution in [2.24, 2.45) is 0 Å². The summed E-state index contributed by atoms with van der Waals surface area (Å²) in [7, 11) is 0. The van der Waals surface area contributed by atoms with E-state index < -0.39 is 17.6 Å². The molecule has 0 unspecified atom stereocenters. The van der Waals surface area contributed by atoms with E-state index in [9.17, 15) is 18.4 Å². The first-order valence-corrected chi connectivity index (χ1v) is 9.93. The molecule has 0 fully saturated rings. The van der Waals surface area contributed by atoms with E-state index in [1.165, 1.54) is 30.3 Å². The summed E-state index contributed by atoms with van der Waals surface area (Å²) in [4.78, 5) is 27.5. The first kappa shape index (κ1) is 20.8. The quantitative estimate of drug-likeness (QED) is 0.548. The number of nitrogens with zero attached hydrogens (tertiary/aromatic N) is 1. The lowest BCUT2D eigenvalue weighted by Crippen LogP contribution is -2.34. The van der Waals surface area contributed by atoms with Crippen molar-refractivity contribution in [1.29, 1.82) is 0 Å². The van der Waals surface area contributed by atoms with Crippen LogP contribution in [0.5, 0.6) is 0 Å². The summed E-state index contributed by atoms with van der Waals surface area (Å²) in [5, 5.41) is 3.40. The fraction of sp³-hybridized carbons (Fsp3) is 0.0833. The van der Waals surface area contributed by atoms with E-state index >= 15 is 0 Å². The molecule has 0 bridgehead atoms. The molecule has 0 spiro atoms. The van der Waals surface area contributed by atoms with Crippen molar-refractivity contribution in [3.63, 3.8) is 0 Å². The van der Waals surface area contributed by atoms with E-state index in [4.69, 9.17) is 11.6 Å². The maximum Gasteiger partial charge on any atom is 0.278 e. The second kappa shape index (κ2) is 8.70. The van der Waals surface area contributed by atoms with Crippen LogP contribution >= 0.6 is 11.6 Å². The highest BCUT2D eigenvalue weighted by molar-refractivity contribution is 6.36. The van der Waals surface area contributed by atoms with E-state index in [-0.39, 0.29) is 23.6 Å². The predicted molar refractivity (Wildman–Crippen MR) is 115 cm³/mol. The third kappa shape index (κ3) is 4.49. The molecule has 0 radical (unpaired) electrons. The van der Waals surface area contributed by atoms with Crippen molar-refractivity contribution in [2.75, 3.05) is 11.9 Å². The molecule has 0 saturated heterocycles. The molecule has 4 nitrogen and oxygen atoms in total. The highest BCUT2D eigenvalue weighted by Gasteiger charge is 2.38. The van der Waals surface area contributed by atoms with Gasteiger partial charge >= 0.3 is 0 Å². The second-order valence-electron chi connectivity index (χ2n) is 7.03. The Labute approximate surface area is 182 Å². The minimum Gasteiger partial charge on any atom is -0.350 e. The molecule has 2 amide bonds. The van der Waals surface area contributed by atoms with E-state index in [1.54, 1.807) is 42.5 Å². The highest BCUT2D eigenvalue weighted by Crippen LogP contribution is 2.31. The minimum atomic E-state index is -0.513. The molecule has 0 saturated carbocycles. The zero-order chi connectivity index (χ0) is 22.0. The van der Waals surface area contributed by atoms with Crippen molar-refractivity contribution in [1.82, 2.24) is 4.90 Å². The van der Waals surface area contributed by atoms with Crippen LogP contribution in [0.1, 0.15) is 11.1 Å². The summed E-state index contributed by atoms with van der Waals surface area (Å²) in [5.74, 6) is -1.80. The molecule has 156 valence electrons. The molecule has 0 aliphatic carbocycles. The van der Waals surface area contributed by atoms with Gasteiger partial charge in [-0.05, 0) is 60.0 Å². The number of nitrogens with one attached hydrogen (secondary N) is 1. The number of benzene rings is 3. The summed E-state index contributed by atoms with van der Waals surface area (Å²) in [5.41, 5.74) is 1.91. The Morgan fingerprint density at radius 1 is 0.839 bits per heavy atom. The third-order valence-electron chi connectivity index (χ3n) is 4.93. The number of rotatable bonds is 6. The molecule has 1 heterocycles. The van der Waals surface area contributed by atoms with Crippen molar-refractivity contribution in [3.05, 3.63) is 106 Å². The molecule has 4 rings (SSSR count). The Balaban J connectivity index is 1.65. The Bertz CT molecular complexity index is 1170. The molecule has 1 aliphatic rings.